The van der Waals surface area contributed by atoms with E-state index in [1.165, 1.54) is 4.90 Å². The maximum Gasteiger partial charge on any atom is 0.305 e. The molecule has 1 unspecified atom stereocenters. The molecule has 28 heavy (non-hydrogen) atoms. The maximum absolute atomic E-state index is 14.0. The predicted molar refractivity (Wildman–Crippen MR) is 104 cm³/mol. The predicted octanol–water partition coefficient (Wildman–Crippen LogP) is 4.71. The fraction of sp³-hybridized carbons (Fsp3) is 0.167. The van der Waals surface area contributed by atoms with Crippen molar-refractivity contribution in [3.63, 3.8) is 0 Å². The summed E-state index contributed by atoms with van der Waals surface area (Å²) < 4.78 is 27.6. The van der Waals surface area contributed by atoms with E-state index < -0.39 is 22.9 Å². The van der Waals surface area contributed by atoms with Crippen LogP contribution in [0.15, 0.2) is 35.2 Å². The zero-order valence-corrected chi connectivity index (χ0v) is 16.4. The summed E-state index contributed by atoms with van der Waals surface area (Å²) in [5.74, 6) is -2.91. The second-order valence-electron chi connectivity index (χ2n) is 6.08. The molecule has 0 saturated heterocycles. The number of fused-ring (bicyclic) bond motifs is 2. The summed E-state index contributed by atoms with van der Waals surface area (Å²) in [5, 5.41) is 9.18. The lowest BCUT2D eigenvalue weighted by atomic mass is 10.2. The van der Waals surface area contributed by atoms with Gasteiger partial charge in [-0.2, -0.15) is 0 Å². The van der Waals surface area contributed by atoms with E-state index in [1.54, 1.807) is 18.2 Å². The molecule has 3 aromatic rings. The highest BCUT2D eigenvalue weighted by molar-refractivity contribution is 8.01. The van der Waals surface area contributed by atoms with E-state index in [9.17, 15) is 18.4 Å². The van der Waals surface area contributed by atoms with Crippen molar-refractivity contribution in [1.29, 1.82) is 0 Å². The number of hydrogen-bond donors (Lipinski definition) is 1. The highest BCUT2D eigenvalue weighted by Crippen LogP contribution is 2.42. The molecule has 2 heterocycles. The summed E-state index contributed by atoms with van der Waals surface area (Å²) in [7, 11) is 0. The van der Waals surface area contributed by atoms with Crippen molar-refractivity contribution in [2.45, 2.75) is 23.1 Å². The highest BCUT2D eigenvalue weighted by Gasteiger charge is 2.35. The molecule has 0 fully saturated rings. The summed E-state index contributed by atoms with van der Waals surface area (Å²) in [6.07, 6.45) is -0.342. The smallest absolute Gasteiger partial charge is 0.305 e. The van der Waals surface area contributed by atoms with Crippen LogP contribution in [0.5, 0.6) is 0 Å². The minimum Gasteiger partial charge on any atom is -0.481 e. The van der Waals surface area contributed by atoms with Crippen molar-refractivity contribution in [2.24, 2.45) is 0 Å². The Bertz CT molecular complexity index is 1120. The lowest BCUT2D eigenvalue weighted by Gasteiger charge is -2.32. The van der Waals surface area contributed by atoms with Crippen LogP contribution in [0.1, 0.15) is 11.4 Å². The van der Waals surface area contributed by atoms with Gasteiger partial charge in [0.2, 0.25) is 5.91 Å². The van der Waals surface area contributed by atoms with Crippen LogP contribution in [0, 0.1) is 11.6 Å². The van der Waals surface area contributed by atoms with E-state index in [4.69, 9.17) is 16.7 Å². The van der Waals surface area contributed by atoms with Crippen LogP contribution >= 0.6 is 34.7 Å². The Morgan fingerprint density at radius 1 is 1.29 bits per heavy atom. The Labute approximate surface area is 170 Å². The Kier molecular flexibility index (Phi) is 4.98. The molecule has 1 amide bonds. The SMILES string of the molecule is O=C(O)CC1Sc2cc(Cl)ccc2N(Cc2nc3cc(F)cc(F)c3s2)C1=O. The monoisotopic (exact) mass is 440 g/mol. The molecule has 0 spiro atoms. The van der Waals surface area contributed by atoms with Crippen molar-refractivity contribution < 1.29 is 23.5 Å². The van der Waals surface area contributed by atoms with Crippen molar-refractivity contribution in [1.82, 2.24) is 4.98 Å². The van der Waals surface area contributed by atoms with Crippen molar-refractivity contribution in [3.8, 4) is 0 Å². The molecule has 10 heteroatoms. The van der Waals surface area contributed by atoms with Crippen LogP contribution in [0.2, 0.25) is 5.02 Å². The number of carboxylic acids is 1. The topological polar surface area (TPSA) is 70.5 Å². The van der Waals surface area contributed by atoms with Gasteiger partial charge in [-0.1, -0.05) is 11.6 Å². The molecule has 0 bridgehead atoms. The van der Waals surface area contributed by atoms with Crippen LogP contribution in [-0.2, 0) is 16.1 Å². The number of rotatable bonds is 4. The lowest BCUT2D eigenvalue weighted by molar-refractivity contribution is -0.138. The first-order chi connectivity index (χ1) is 13.3. The summed E-state index contributed by atoms with van der Waals surface area (Å²) >= 11 is 8.21. The molecular formula is C18H11ClF2N2O3S2. The molecule has 1 aromatic heterocycles. The van der Waals surface area contributed by atoms with Crippen molar-refractivity contribution >= 4 is 62.5 Å². The number of benzene rings is 2. The second kappa shape index (κ2) is 7.31. The number of aromatic nitrogens is 1. The van der Waals surface area contributed by atoms with Crippen LogP contribution in [0.3, 0.4) is 0 Å². The van der Waals surface area contributed by atoms with E-state index in [2.05, 4.69) is 4.98 Å². The number of thioether (sulfide) groups is 1. The molecule has 5 nitrogen and oxygen atoms in total. The largest absolute Gasteiger partial charge is 0.481 e. The van der Waals surface area contributed by atoms with Crippen LogP contribution in [0.4, 0.5) is 14.5 Å². The first kappa shape index (κ1) is 19.1. The minimum absolute atomic E-state index is 0.0184. The second-order valence-corrected chi connectivity index (χ2v) is 8.85. The number of aliphatic carboxylic acids is 1. The molecular weight excluding hydrogens is 430 g/mol. The van der Waals surface area contributed by atoms with E-state index in [1.807, 2.05) is 0 Å². The number of carbonyl (C=O) groups is 2. The van der Waals surface area contributed by atoms with Crippen LogP contribution in [0.25, 0.3) is 10.2 Å². The fourth-order valence-electron chi connectivity index (χ4n) is 2.96. The standard InChI is InChI=1S/C18H11ClF2N2O3S2/c19-8-1-2-12-13(3-8)27-14(6-16(24)25)18(26)23(12)7-15-22-11-5-9(20)4-10(21)17(11)28-15/h1-5,14H,6-7H2,(H,24,25). The third-order valence-corrected chi connectivity index (χ3v) is 6.66. The van der Waals surface area contributed by atoms with Crippen molar-refractivity contribution in [2.75, 3.05) is 4.90 Å². The Hall–Kier alpha value is -2.23. The Morgan fingerprint density at radius 3 is 2.82 bits per heavy atom. The van der Waals surface area contributed by atoms with Gasteiger partial charge in [-0.3, -0.25) is 9.59 Å². The number of amides is 1. The number of nitrogens with zero attached hydrogens (tertiary/aromatic N) is 2. The zero-order valence-electron chi connectivity index (χ0n) is 14.0. The van der Waals surface area contributed by atoms with Crippen LogP contribution in [-0.4, -0.2) is 27.2 Å². The van der Waals surface area contributed by atoms with Gasteiger partial charge >= 0.3 is 5.97 Å². The third kappa shape index (κ3) is 3.57. The molecule has 0 saturated carbocycles. The van der Waals surface area contributed by atoms with Gasteiger partial charge in [0, 0.05) is 22.1 Å². The molecule has 1 N–H and O–H groups in total. The Balaban J connectivity index is 1.74. The van der Waals surface area contributed by atoms with Gasteiger partial charge in [0.05, 0.1) is 34.1 Å². The molecule has 0 radical (unpaired) electrons. The van der Waals surface area contributed by atoms with Gasteiger partial charge in [0.1, 0.15) is 16.6 Å². The molecule has 1 aliphatic rings. The normalized spacial score (nSPS) is 16.5. The lowest BCUT2D eigenvalue weighted by Crippen LogP contribution is -2.41. The number of carboxylic acid groups (broad SMARTS) is 1. The number of halogens is 3. The van der Waals surface area contributed by atoms with E-state index >= 15 is 0 Å². The molecule has 0 aliphatic carbocycles. The molecule has 2 aromatic carbocycles. The minimum atomic E-state index is -1.09. The Morgan fingerprint density at radius 2 is 2.07 bits per heavy atom. The highest BCUT2D eigenvalue weighted by atomic mass is 35.5. The van der Waals surface area contributed by atoms with Gasteiger partial charge in [-0.15, -0.1) is 23.1 Å². The summed E-state index contributed by atoms with van der Waals surface area (Å²) in [5.41, 5.74) is 0.752. The van der Waals surface area contributed by atoms with Crippen molar-refractivity contribution in [3.05, 3.63) is 52.0 Å². The molecule has 4 rings (SSSR count). The molecule has 1 atom stereocenters. The van der Waals surface area contributed by atoms with Crippen LogP contribution < -0.4 is 4.90 Å². The van der Waals surface area contributed by atoms with Gasteiger partial charge in [0.15, 0.2) is 0 Å². The van der Waals surface area contributed by atoms with E-state index in [-0.39, 0.29) is 29.1 Å². The third-order valence-electron chi connectivity index (χ3n) is 4.13. The summed E-state index contributed by atoms with van der Waals surface area (Å²) in [6.45, 7) is 0.0184. The number of hydrogen-bond acceptors (Lipinski definition) is 5. The van der Waals surface area contributed by atoms with Gasteiger partial charge in [-0.05, 0) is 18.2 Å². The first-order valence-corrected chi connectivity index (χ1v) is 10.1. The average molecular weight is 441 g/mol. The van der Waals surface area contributed by atoms with Gasteiger partial charge < -0.3 is 10.0 Å². The number of carbonyl (C=O) groups excluding carboxylic acids is 1. The molecule has 1 aliphatic heterocycles. The maximum atomic E-state index is 14.0. The fourth-order valence-corrected chi connectivity index (χ4v) is 5.39. The van der Waals surface area contributed by atoms with E-state index in [0.29, 0.717) is 20.6 Å². The number of thiazole rings is 1. The quantitative estimate of drug-likeness (QED) is 0.636. The first-order valence-electron chi connectivity index (χ1n) is 8.05. The summed E-state index contributed by atoms with van der Waals surface area (Å²) in [6, 6.07) is 6.89. The van der Waals surface area contributed by atoms with Gasteiger partial charge in [0.25, 0.3) is 0 Å². The number of anilines is 1. The average Bonchev–Trinajstić information content (AvgIpc) is 3.01. The zero-order chi connectivity index (χ0) is 20.0. The summed E-state index contributed by atoms with van der Waals surface area (Å²) in [4.78, 5) is 30.4. The molecule has 144 valence electrons. The van der Waals surface area contributed by atoms with Gasteiger partial charge in [-0.25, -0.2) is 13.8 Å². The van der Waals surface area contributed by atoms with E-state index in [0.717, 1.165) is 35.2 Å².